The van der Waals surface area contributed by atoms with Crippen LogP contribution in [0.25, 0.3) is 28.0 Å². The summed E-state index contributed by atoms with van der Waals surface area (Å²) in [6.45, 7) is 4.04. The van der Waals surface area contributed by atoms with Crippen molar-refractivity contribution in [3.63, 3.8) is 0 Å². The third-order valence-electron chi connectivity index (χ3n) is 4.07. The van der Waals surface area contributed by atoms with Crippen molar-refractivity contribution in [2.45, 2.75) is 13.8 Å². The first-order valence-electron chi connectivity index (χ1n) is 7.66. The maximum Gasteiger partial charge on any atom is 0.349 e. The highest BCUT2D eigenvalue weighted by atomic mass is 16.2. The quantitative estimate of drug-likeness (QED) is 0.549. The molecule has 1 N–H and O–H groups in total. The van der Waals surface area contributed by atoms with Crippen LogP contribution < -0.4 is 11.2 Å². The number of fused-ring (bicyclic) bond motifs is 2. The first-order chi connectivity index (χ1) is 11.5. The second-order valence-electron chi connectivity index (χ2n) is 5.99. The summed E-state index contributed by atoms with van der Waals surface area (Å²) in [7, 11) is 0. The number of H-pyrrole nitrogens is 1. The average Bonchev–Trinajstić information content (AvgIpc) is 2.52. The molecule has 0 unspecified atom stereocenters. The molecule has 0 atom stereocenters. The molecule has 0 amide bonds. The Labute approximate surface area is 137 Å². The number of hydrogen-bond donors (Lipinski definition) is 1. The standard InChI is InChI=1S/C19H15N3O2/c1-11-7-12(2)9-14(8-11)22-16-6-4-3-5-13(16)10-15-17(22)20-19(24)21-18(15)23/h3-10H,1-2H3,(H,21,23,24). The van der Waals surface area contributed by atoms with Gasteiger partial charge in [0.2, 0.25) is 0 Å². The van der Waals surface area contributed by atoms with Gasteiger partial charge in [0.25, 0.3) is 5.56 Å². The van der Waals surface area contributed by atoms with Crippen LogP contribution >= 0.6 is 0 Å². The molecular formula is C19H15N3O2. The summed E-state index contributed by atoms with van der Waals surface area (Å²) in [5, 5.41) is 0.912. The molecule has 5 heteroatoms. The van der Waals surface area contributed by atoms with Crippen molar-refractivity contribution in [2.75, 3.05) is 0 Å². The molecule has 2 aliphatic rings. The monoisotopic (exact) mass is 317 g/mol. The van der Waals surface area contributed by atoms with Crippen LogP contribution in [0, 0.1) is 13.8 Å². The number of aryl methyl sites for hydroxylation is 2. The molecule has 2 aliphatic heterocycles. The van der Waals surface area contributed by atoms with Crippen molar-refractivity contribution in [3.8, 4) is 17.1 Å². The number of aromatic amines is 1. The molecule has 0 fully saturated rings. The number of rotatable bonds is 1. The third-order valence-corrected chi connectivity index (χ3v) is 4.07. The number of aromatic nitrogens is 3. The van der Waals surface area contributed by atoms with Crippen molar-refractivity contribution in [3.05, 3.63) is 80.5 Å². The molecule has 0 bridgehead atoms. The van der Waals surface area contributed by atoms with Crippen LogP contribution in [0.1, 0.15) is 11.1 Å². The van der Waals surface area contributed by atoms with Crippen molar-refractivity contribution in [1.82, 2.24) is 14.5 Å². The summed E-state index contributed by atoms with van der Waals surface area (Å²) in [5.41, 5.74) is 3.32. The minimum absolute atomic E-state index is 0.368. The predicted molar refractivity (Wildman–Crippen MR) is 94.1 cm³/mol. The van der Waals surface area contributed by atoms with E-state index in [0.717, 1.165) is 27.7 Å². The van der Waals surface area contributed by atoms with Crippen molar-refractivity contribution in [2.24, 2.45) is 0 Å². The van der Waals surface area contributed by atoms with Gasteiger partial charge in [0.15, 0.2) is 5.82 Å². The fourth-order valence-electron chi connectivity index (χ4n) is 3.17. The molecule has 0 saturated carbocycles. The van der Waals surface area contributed by atoms with Crippen LogP contribution in [0.2, 0.25) is 0 Å². The summed E-state index contributed by atoms with van der Waals surface area (Å²) >= 11 is 0. The molecule has 0 aliphatic carbocycles. The molecule has 0 radical (unpaired) electrons. The number of para-hydroxylation sites is 1. The van der Waals surface area contributed by atoms with E-state index >= 15 is 0 Å². The van der Waals surface area contributed by atoms with Crippen molar-refractivity contribution in [1.29, 1.82) is 0 Å². The summed E-state index contributed by atoms with van der Waals surface area (Å²) < 4.78 is 1.88. The van der Waals surface area contributed by atoms with E-state index in [1.165, 1.54) is 0 Å². The molecule has 24 heavy (non-hydrogen) atoms. The Morgan fingerprint density at radius 3 is 2.42 bits per heavy atom. The van der Waals surface area contributed by atoms with Gasteiger partial charge in [-0.25, -0.2) is 4.79 Å². The van der Waals surface area contributed by atoms with Crippen LogP contribution in [0.15, 0.2) is 58.1 Å². The fraction of sp³-hybridized carbons (Fsp3) is 0.105. The van der Waals surface area contributed by atoms with Crippen LogP contribution in [0.4, 0.5) is 0 Å². The molecule has 0 saturated heterocycles. The molecular weight excluding hydrogens is 302 g/mol. The van der Waals surface area contributed by atoms with Gasteiger partial charge in [-0.2, -0.15) is 4.98 Å². The first-order valence-corrected chi connectivity index (χ1v) is 7.66. The minimum atomic E-state index is -0.638. The summed E-state index contributed by atoms with van der Waals surface area (Å²) in [4.78, 5) is 30.3. The zero-order valence-corrected chi connectivity index (χ0v) is 13.3. The van der Waals surface area contributed by atoms with Gasteiger partial charge >= 0.3 is 5.69 Å². The molecule has 0 spiro atoms. The number of pyridine rings is 1. The highest BCUT2D eigenvalue weighted by Crippen LogP contribution is 2.28. The minimum Gasteiger partial charge on any atom is -0.294 e. The molecule has 5 nitrogen and oxygen atoms in total. The van der Waals surface area contributed by atoms with E-state index in [2.05, 4.69) is 16.0 Å². The maximum atomic E-state index is 12.3. The lowest BCUT2D eigenvalue weighted by Gasteiger charge is -2.18. The van der Waals surface area contributed by atoms with Crippen LogP contribution in [-0.4, -0.2) is 14.5 Å². The number of hydrogen-bond acceptors (Lipinski definition) is 3. The van der Waals surface area contributed by atoms with E-state index in [1.54, 1.807) is 6.07 Å². The Hall–Kier alpha value is -3.21. The Balaban J connectivity index is 2.26. The first kappa shape index (κ1) is 14.4. The Bertz CT molecular complexity index is 1150. The van der Waals surface area contributed by atoms with Crippen LogP contribution in [0.3, 0.4) is 0 Å². The van der Waals surface area contributed by atoms with Gasteiger partial charge in [0.1, 0.15) is 0 Å². The summed E-state index contributed by atoms with van der Waals surface area (Å²) in [6, 6.07) is 15.6. The highest BCUT2D eigenvalue weighted by Gasteiger charge is 2.18. The average molecular weight is 317 g/mol. The largest absolute Gasteiger partial charge is 0.349 e. The van der Waals surface area contributed by atoms with Crippen molar-refractivity contribution < 1.29 is 0 Å². The zero-order chi connectivity index (χ0) is 16.8. The van der Waals surface area contributed by atoms with E-state index in [-0.39, 0.29) is 0 Å². The Morgan fingerprint density at radius 2 is 1.67 bits per heavy atom. The molecule has 118 valence electrons. The highest BCUT2D eigenvalue weighted by molar-refractivity contribution is 5.87. The SMILES string of the molecule is Cc1cc(C)cc(-n2c3nc(=O)[nH]c(=O)c-3cc3ccccc32)c1. The Kier molecular flexibility index (Phi) is 3.09. The van der Waals surface area contributed by atoms with E-state index in [4.69, 9.17) is 0 Å². The van der Waals surface area contributed by atoms with Gasteiger partial charge in [-0.3, -0.25) is 14.3 Å². The van der Waals surface area contributed by atoms with E-state index < -0.39 is 11.2 Å². The van der Waals surface area contributed by atoms with E-state index in [9.17, 15) is 9.59 Å². The molecule has 2 aromatic carbocycles. The van der Waals surface area contributed by atoms with E-state index in [1.807, 2.05) is 54.8 Å². The lowest BCUT2D eigenvalue weighted by Crippen LogP contribution is -2.27. The third kappa shape index (κ3) is 2.22. The lowest BCUT2D eigenvalue weighted by atomic mass is 10.1. The maximum absolute atomic E-state index is 12.3. The van der Waals surface area contributed by atoms with Gasteiger partial charge in [0, 0.05) is 5.69 Å². The Morgan fingerprint density at radius 1 is 0.958 bits per heavy atom. The number of benzene rings is 2. The molecule has 0 aromatic heterocycles. The normalized spacial score (nSPS) is 11.2. The molecule has 2 aromatic rings. The topological polar surface area (TPSA) is 67.8 Å². The molecule has 2 heterocycles. The van der Waals surface area contributed by atoms with Gasteiger partial charge in [-0.15, -0.1) is 0 Å². The van der Waals surface area contributed by atoms with Gasteiger partial charge < -0.3 is 0 Å². The van der Waals surface area contributed by atoms with Crippen LogP contribution in [-0.2, 0) is 0 Å². The van der Waals surface area contributed by atoms with Gasteiger partial charge in [0.05, 0.1) is 11.1 Å². The van der Waals surface area contributed by atoms with E-state index in [0.29, 0.717) is 11.4 Å². The molecule has 4 rings (SSSR count). The van der Waals surface area contributed by atoms with Crippen molar-refractivity contribution >= 4 is 10.9 Å². The number of nitrogens with zero attached hydrogens (tertiary/aromatic N) is 2. The number of nitrogens with one attached hydrogen (secondary N) is 1. The summed E-state index contributed by atoms with van der Waals surface area (Å²) in [6.07, 6.45) is 0. The van der Waals surface area contributed by atoms with Gasteiger partial charge in [-0.1, -0.05) is 24.3 Å². The fourth-order valence-corrected chi connectivity index (χ4v) is 3.17. The predicted octanol–water partition coefficient (Wildman–Crippen LogP) is 2.80. The van der Waals surface area contributed by atoms with Crippen LogP contribution in [0.5, 0.6) is 0 Å². The van der Waals surface area contributed by atoms with Gasteiger partial charge in [-0.05, 0) is 54.6 Å². The smallest absolute Gasteiger partial charge is 0.294 e. The zero-order valence-electron chi connectivity index (χ0n) is 13.3. The second kappa shape index (κ2) is 5.16. The second-order valence-corrected chi connectivity index (χ2v) is 5.99. The summed E-state index contributed by atoms with van der Waals surface area (Å²) in [5.74, 6) is 0.368. The lowest BCUT2D eigenvalue weighted by molar-refractivity contribution is 0.958.